The maximum atomic E-state index is 12.6. The molecule has 7 nitrogen and oxygen atoms in total. The molecular weight excluding hydrogens is 372 g/mol. The summed E-state index contributed by atoms with van der Waals surface area (Å²) in [7, 11) is 0. The van der Waals surface area contributed by atoms with Crippen molar-refractivity contribution in [1.82, 2.24) is 9.97 Å². The van der Waals surface area contributed by atoms with E-state index in [1.165, 1.54) is 0 Å². The second-order valence-corrected chi connectivity index (χ2v) is 6.33. The van der Waals surface area contributed by atoms with Crippen LogP contribution in [-0.2, 0) is 9.47 Å². The molecule has 3 aromatic carbocycles. The van der Waals surface area contributed by atoms with Crippen molar-refractivity contribution in [3.8, 4) is 5.75 Å². The highest BCUT2D eigenvalue weighted by Gasteiger charge is 2.23. The van der Waals surface area contributed by atoms with Gasteiger partial charge < -0.3 is 14.6 Å². The summed E-state index contributed by atoms with van der Waals surface area (Å²) in [6, 6.07) is 12.0. The van der Waals surface area contributed by atoms with Crippen molar-refractivity contribution in [3.05, 3.63) is 53.6 Å². The van der Waals surface area contributed by atoms with Crippen LogP contribution in [-0.4, -0.2) is 40.2 Å². The number of rotatable bonds is 4. The molecular formula is C22H18N2O5. The number of aromatic nitrogens is 2. The van der Waals surface area contributed by atoms with E-state index < -0.39 is 11.9 Å². The van der Waals surface area contributed by atoms with Gasteiger partial charge in [0.05, 0.1) is 35.3 Å². The van der Waals surface area contributed by atoms with Gasteiger partial charge in [0.1, 0.15) is 16.8 Å². The van der Waals surface area contributed by atoms with E-state index in [-0.39, 0.29) is 30.0 Å². The molecule has 146 valence electrons. The standard InChI is InChI=1S/C22H18N2O5/c1-3-28-21(26)12-9-10-15-16(11-12)24-19-17(22(27)29-4-2)20(25)14-8-6-5-7-13(14)18(19)23-15/h5-11,25H,3-4H2,1-2H3. The Hall–Kier alpha value is -3.74. The minimum atomic E-state index is -0.684. The Morgan fingerprint density at radius 3 is 2.24 bits per heavy atom. The SMILES string of the molecule is CCOC(=O)c1ccc2nc3c(nc2c1)c(C(=O)OCC)c(O)c1ccccc13. The fourth-order valence-electron chi connectivity index (χ4n) is 3.30. The Morgan fingerprint density at radius 2 is 1.52 bits per heavy atom. The van der Waals surface area contributed by atoms with Crippen LogP contribution in [0.1, 0.15) is 34.6 Å². The summed E-state index contributed by atoms with van der Waals surface area (Å²) in [6.45, 7) is 3.82. The molecule has 7 heteroatoms. The first-order chi connectivity index (χ1) is 14.0. The lowest BCUT2D eigenvalue weighted by atomic mass is 10.0. The molecule has 0 saturated carbocycles. The Morgan fingerprint density at radius 1 is 0.862 bits per heavy atom. The maximum Gasteiger partial charge on any atom is 0.344 e. The zero-order valence-electron chi connectivity index (χ0n) is 15.9. The van der Waals surface area contributed by atoms with Gasteiger partial charge >= 0.3 is 11.9 Å². The maximum absolute atomic E-state index is 12.6. The van der Waals surface area contributed by atoms with Crippen molar-refractivity contribution in [2.24, 2.45) is 0 Å². The summed E-state index contributed by atoms with van der Waals surface area (Å²) in [5.74, 6) is -1.36. The summed E-state index contributed by atoms with van der Waals surface area (Å²) in [4.78, 5) is 33.9. The smallest absolute Gasteiger partial charge is 0.344 e. The van der Waals surface area contributed by atoms with Crippen LogP contribution in [0.4, 0.5) is 0 Å². The molecule has 4 aromatic rings. The summed E-state index contributed by atoms with van der Waals surface area (Å²) < 4.78 is 10.2. The normalized spacial score (nSPS) is 11.1. The molecule has 1 N–H and O–H groups in total. The Kier molecular flexibility index (Phi) is 4.72. The number of carbonyl (C=O) groups excluding carboxylic acids is 2. The third-order valence-corrected chi connectivity index (χ3v) is 4.57. The molecule has 0 bridgehead atoms. The summed E-state index contributed by atoms with van der Waals surface area (Å²) in [6.07, 6.45) is 0. The van der Waals surface area contributed by atoms with Crippen LogP contribution >= 0.6 is 0 Å². The van der Waals surface area contributed by atoms with Gasteiger partial charge in [-0.2, -0.15) is 0 Å². The lowest BCUT2D eigenvalue weighted by Crippen LogP contribution is -2.08. The lowest BCUT2D eigenvalue weighted by Gasteiger charge is -2.12. The van der Waals surface area contributed by atoms with Gasteiger partial charge in [-0.3, -0.25) is 0 Å². The molecule has 0 aliphatic rings. The van der Waals surface area contributed by atoms with Gasteiger partial charge in [-0.15, -0.1) is 0 Å². The number of hydrogen-bond acceptors (Lipinski definition) is 7. The second kappa shape index (κ2) is 7.35. The monoisotopic (exact) mass is 390 g/mol. The Balaban J connectivity index is 2.08. The third kappa shape index (κ3) is 3.10. The van der Waals surface area contributed by atoms with E-state index >= 15 is 0 Å². The molecule has 0 spiro atoms. The van der Waals surface area contributed by atoms with Gasteiger partial charge in [-0.05, 0) is 32.0 Å². The number of nitrogens with zero attached hydrogens (tertiary/aromatic N) is 2. The van der Waals surface area contributed by atoms with Crippen molar-refractivity contribution < 1.29 is 24.2 Å². The van der Waals surface area contributed by atoms with Crippen molar-refractivity contribution in [3.63, 3.8) is 0 Å². The molecule has 29 heavy (non-hydrogen) atoms. The minimum Gasteiger partial charge on any atom is -0.506 e. The number of ether oxygens (including phenoxy) is 2. The highest BCUT2D eigenvalue weighted by Crippen LogP contribution is 2.37. The van der Waals surface area contributed by atoms with Gasteiger partial charge in [0, 0.05) is 10.8 Å². The van der Waals surface area contributed by atoms with Crippen molar-refractivity contribution >= 4 is 44.8 Å². The Bertz CT molecular complexity index is 1280. The molecule has 1 heterocycles. The quantitative estimate of drug-likeness (QED) is 0.319. The van der Waals surface area contributed by atoms with E-state index in [4.69, 9.17) is 9.47 Å². The molecule has 4 rings (SSSR count). The average molecular weight is 390 g/mol. The first-order valence-corrected chi connectivity index (χ1v) is 9.24. The van der Waals surface area contributed by atoms with Crippen molar-refractivity contribution in [2.45, 2.75) is 13.8 Å². The molecule has 0 fully saturated rings. The van der Waals surface area contributed by atoms with Crippen LogP contribution in [0.5, 0.6) is 5.75 Å². The van der Waals surface area contributed by atoms with Crippen LogP contribution in [0.15, 0.2) is 42.5 Å². The Labute approximate surface area is 165 Å². The number of aromatic hydroxyl groups is 1. The number of esters is 2. The number of fused-ring (bicyclic) bond motifs is 4. The fourth-order valence-corrected chi connectivity index (χ4v) is 3.30. The highest BCUT2D eigenvalue weighted by molar-refractivity contribution is 6.18. The summed E-state index contributed by atoms with van der Waals surface area (Å²) >= 11 is 0. The molecule has 0 radical (unpaired) electrons. The fraction of sp³-hybridized carbons (Fsp3) is 0.182. The van der Waals surface area contributed by atoms with E-state index in [0.29, 0.717) is 32.9 Å². The molecule has 0 aliphatic carbocycles. The molecule has 0 aliphatic heterocycles. The number of hydrogen-bond donors (Lipinski definition) is 1. The number of carbonyl (C=O) groups is 2. The van der Waals surface area contributed by atoms with Crippen LogP contribution in [0.2, 0.25) is 0 Å². The zero-order valence-corrected chi connectivity index (χ0v) is 15.9. The number of benzene rings is 3. The zero-order chi connectivity index (χ0) is 20.5. The van der Waals surface area contributed by atoms with E-state index in [0.717, 1.165) is 0 Å². The molecule has 0 atom stereocenters. The number of phenols is 1. The number of phenolic OH excluding ortho intramolecular Hbond substituents is 1. The highest BCUT2D eigenvalue weighted by atomic mass is 16.5. The van der Waals surface area contributed by atoms with E-state index in [1.807, 2.05) is 6.07 Å². The molecule has 0 amide bonds. The third-order valence-electron chi connectivity index (χ3n) is 4.57. The first-order valence-electron chi connectivity index (χ1n) is 9.24. The van der Waals surface area contributed by atoms with Crippen LogP contribution in [0, 0.1) is 0 Å². The predicted molar refractivity (Wildman–Crippen MR) is 108 cm³/mol. The minimum absolute atomic E-state index is 0.0449. The summed E-state index contributed by atoms with van der Waals surface area (Å²) in [5, 5.41) is 11.9. The lowest BCUT2D eigenvalue weighted by molar-refractivity contribution is 0.0516. The van der Waals surface area contributed by atoms with Crippen LogP contribution in [0.3, 0.4) is 0 Å². The van der Waals surface area contributed by atoms with E-state index in [1.54, 1.807) is 50.2 Å². The van der Waals surface area contributed by atoms with Gasteiger partial charge in [0.25, 0.3) is 0 Å². The molecule has 1 aromatic heterocycles. The van der Waals surface area contributed by atoms with Gasteiger partial charge in [-0.1, -0.05) is 24.3 Å². The summed E-state index contributed by atoms with van der Waals surface area (Å²) in [5.41, 5.74) is 1.93. The van der Waals surface area contributed by atoms with E-state index in [2.05, 4.69) is 9.97 Å². The first kappa shape index (κ1) is 18.6. The van der Waals surface area contributed by atoms with E-state index in [9.17, 15) is 14.7 Å². The van der Waals surface area contributed by atoms with Gasteiger partial charge in [0.15, 0.2) is 0 Å². The van der Waals surface area contributed by atoms with Crippen LogP contribution in [0.25, 0.3) is 32.8 Å². The van der Waals surface area contributed by atoms with Crippen molar-refractivity contribution in [1.29, 1.82) is 0 Å². The predicted octanol–water partition coefficient (Wildman–Crippen LogP) is 4.00. The van der Waals surface area contributed by atoms with Gasteiger partial charge in [0.2, 0.25) is 0 Å². The van der Waals surface area contributed by atoms with Gasteiger partial charge in [-0.25, -0.2) is 19.6 Å². The average Bonchev–Trinajstić information content (AvgIpc) is 2.73. The topological polar surface area (TPSA) is 98.6 Å². The largest absolute Gasteiger partial charge is 0.506 e. The van der Waals surface area contributed by atoms with Crippen LogP contribution < -0.4 is 0 Å². The second-order valence-electron chi connectivity index (χ2n) is 6.33. The molecule has 0 saturated heterocycles. The van der Waals surface area contributed by atoms with Crippen molar-refractivity contribution in [2.75, 3.05) is 13.2 Å². The molecule has 0 unspecified atom stereocenters.